The van der Waals surface area contributed by atoms with Crippen LogP contribution < -0.4 is 14.5 Å². The Kier molecular flexibility index (Phi) is 5.44. The van der Waals surface area contributed by atoms with Crippen molar-refractivity contribution >= 4 is 35.0 Å². The smallest absolute Gasteiger partial charge is 0.412 e. The van der Waals surface area contributed by atoms with Crippen LogP contribution in [0.3, 0.4) is 0 Å². The van der Waals surface area contributed by atoms with Gasteiger partial charge in [0.25, 0.3) is 0 Å². The molecule has 1 aliphatic carbocycles. The van der Waals surface area contributed by atoms with Crippen LogP contribution in [0, 0.1) is 0 Å². The Morgan fingerprint density at radius 1 is 1.12 bits per heavy atom. The Morgan fingerprint density at radius 3 is 2.53 bits per heavy atom. The molecule has 34 heavy (non-hydrogen) atoms. The molecule has 0 spiro atoms. The quantitative estimate of drug-likeness (QED) is 0.567. The number of amides is 2. The number of pyridine rings is 1. The fourth-order valence-corrected chi connectivity index (χ4v) is 4.92. The third-order valence-electron chi connectivity index (χ3n) is 6.40. The Labute approximate surface area is 201 Å². The highest BCUT2D eigenvalue weighted by molar-refractivity contribution is 6.30. The van der Waals surface area contributed by atoms with Crippen LogP contribution in [-0.4, -0.2) is 45.0 Å². The number of fused-ring (bicyclic) bond motifs is 1. The van der Waals surface area contributed by atoms with Crippen LogP contribution in [0.4, 0.5) is 16.2 Å². The van der Waals surface area contributed by atoms with Crippen molar-refractivity contribution in [1.29, 1.82) is 0 Å². The van der Waals surface area contributed by atoms with E-state index in [0.29, 0.717) is 28.0 Å². The molecule has 176 valence electrons. The van der Waals surface area contributed by atoms with Gasteiger partial charge in [0.05, 0.1) is 47.8 Å². The number of anilines is 2. The van der Waals surface area contributed by atoms with Crippen LogP contribution in [0.1, 0.15) is 44.3 Å². The second-order valence-electron chi connectivity index (χ2n) is 8.62. The first-order chi connectivity index (χ1) is 16.3. The fraction of sp³-hybridized carbons (Fsp3) is 0.333. The van der Waals surface area contributed by atoms with Crippen molar-refractivity contribution in [3.63, 3.8) is 0 Å². The summed E-state index contributed by atoms with van der Waals surface area (Å²) in [6.45, 7) is 3.27. The molecule has 3 aromatic rings. The van der Waals surface area contributed by atoms with E-state index in [1.165, 1.54) is 25.1 Å². The molecule has 3 heterocycles. The number of hydrogen-bond donors (Lipinski definition) is 1. The third kappa shape index (κ3) is 3.66. The largest absolute Gasteiger partial charge is 0.481 e. The molecule has 1 fully saturated rings. The van der Waals surface area contributed by atoms with E-state index in [9.17, 15) is 14.7 Å². The highest BCUT2D eigenvalue weighted by Gasteiger charge is 2.44. The van der Waals surface area contributed by atoms with Gasteiger partial charge in [0.15, 0.2) is 0 Å². The molecule has 2 amide bonds. The first-order valence-corrected chi connectivity index (χ1v) is 11.4. The van der Waals surface area contributed by atoms with Crippen LogP contribution >= 0.6 is 11.6 Å². The van der Waals surface area contributed by atoms with Crippen LogP contribution in [0.2, 0.25) is 5.02 Å². The van der Waals surface area contributed by atoms with Crippen LogP contribution in [0.15, 0.2) is 42.9 Å². The average Bonchev–Trinajstić information content (AvgIpc) is 3.54. The summed E-state index contributed by atoms with van der Waals surface area (Å²) >= 11 is 6.23. The minimum Gasteiger partial charge on any atom is -0.481 e. The standard InChI is InChI=1S/C24H24ClN5O4/c1-13-22(19-9-17(25)11-26-23(19)34-3)30(24(32)33)21-8-15(4-7-20(21)29(13)14(2)31)16-10-27-28(12-16)18-5-6-18/h4,7-13,18,22H,5-6H2,1-3H3,(H,32,33)/t13-,22?/m0/s1. The average molecular weight is 482 g/mol. The number of carbonyl (C=O) groups excluding carboxylic acids is 1. The zero-order valence-electron chi connectivity index (χ0n) is 19.0. The summed E-state index contributed by atoms with van der Waals surface area (Å²) in [6.07, 6.45) is 6.26. The molecule has 2 aliphatic rings. The molecule has 5 rings (SSSR count). The van der Waals surface area contributed by atoms with E-state index in [1.807, 2.05) is 16.9 Å². The summed E-state index contributed by atoms with van der Waals surface area (Å²) in [5, 5.41) is 15.1. The van der Waals surface area contributed by atoms with Gasteiger partial charge >= 0.3 is 6.09 Å². The second kappa shape index (κ2) is 8.32. The molecule has 2 aromatic heterocycles. The maximum absolute atomic E-state index is 12.8. The van der Waals surface area contributed by atoms with E-state index in [2.05, 4.69) is 10.1 Å². The summed E-state index contributed by atoms with van der Waals surface area (Å²) in [6, 6.07) is 6.20. The number of hydrogen-bond acceptors (Lipinski definition) is 5. The monoisotopic (exact) mass is 481 g/mol. The number of ether oxygens (including phenoxy) is 1. The third-order valence-corrected chi connectivity index (χ3v) is 6.60. The zero-order valence-corrected chi connectivity index (χ0v) is 19.7. The number of carbonyl (C=O) groups is 2. The Balaban J connectivity index is 1.69. The Morgan fingerprint density at radius 2 is 1.88 bits per heavy atom. The van der Waals surface area contributed by atoms with E-state index in [0.717, 1.165) is 24.0 Å². The van der Waals surface area contributed by atoms with E-state index in [-0.39, 0.29) is 11.8 Å². The van der Waals surface area contributed by atoms with Crippen molar-refractivity contribution in [2.24, 2.45) is 0 Å². The topological polar surface area (TPSA) is 101 Å². The van der Waals surface area contributed by atoms with Crippen molar-refractivity contribution < 1.29 is 19.4 Å². The fourth-order valence-electron chi connectivity index (χ4n) is 4.75. The maximum Gasteiger partial charge on any atom is 0.412 e. The first kappa shape index (κ1) is 22.2. The SMILES string of the molecule is COc1ncc(Cl)cc1C1[C@H](C)N(C(C)=O)c2ccc(-c3cnn(C4CC4)c3)cc2N1C(=O)O. The zero-order chi connectivity index (χ0) is 24.1. The summed E-state index contributed by atoms with van der Waals surface area (Å²) < 4.78 is 7.38. The van der Waals surface area contributed by atoms with Gasteiger partial charge in [-0.05, 0) is 43.5 Å². The van der Waals surface area contributed by atoms with Gasteiger partial charge in [-0.25, -0.2) is 9.78 Å². The molecule has 1 aromatic carbocycles. The lowest BCUT2D eigenvalue weighted by molar-refractivity contribution is -0.117. The van der Waals surface area contributed by atoms with Crippen molar-refractivity contribution in [2.45, 2.75) is 44.8 Å². The molecule has 0 bridgehead atoms. The summed E-state index contributed by atoms with van der Waals surface area (Å²) in [5.41, 5.74) is 3.08. The lowest BCUT2D eigenvalue weighted by Crippen LogP contribution is -2.53. The van der Waals surface area contributed by atoms with Crippen LogP contribution in [0.5, 0.6) is 5.88 Å². The Bertz CT molecular complexity index is 1290. The number of methoxy groups -OCH3 is 1. The molecule has 1 unspecified atom stereocenters. The molecular formula is C24H24ClN5O4. The van der Waals surface area contributed by atoms with Crippen molar-refractivity contribution in [1.82, 2.24) is 14.8 Å². The van der Waals surface area contributed by atoms with Gasteiger partial charge in [-0.3, -0.25) is 14.4 Å². The lowest BCUT2D eigenvalue weighted by atomic mass is 9.92. The Hall–Kier alpha value is -3.59. The predicted octanol–water partition coefficient (Wildman–Crippen LogP) is 4.92. The van der Waals surface area contributed by atoms with Gasteiger partial charge < -0.3 is 14.7 Å². The van der Waals surface area contributed by atoms with Gasteiger partial charge in [0.2, 0.25) is 11.8 Å². The van der Waals surface area contributed by atoms with E-state index in [4.69, 9.17) is 16.3 Å². The number of nitrogens with zero attached hydrogens (tertiary/aromatic N) is 5. The van der Waals surface area contributed by atoms with Gasteiger partial charge in [0.1, 0.15) is 0 Å². The van der Waals surface area contributed by atoms with Crippen molar-refractivity contribution in [2.75, 3.05) is 16.9 Å². The van der Waals surface area contributed by atoms with E-state index >= 15 is 0 Å². The van der Waals surface area contributed by atoms with Gasteiger partial charge in [-0.15, -0.1) is 0 Å². The molecule has 0 radical (unpaired) electrons. The van der Waals surface area contributed by atoms with Gasteiger partial charge in [-0.2, -0.15) is 5.10 Å². The van der Waals surface area contributed by atoms with Crippen LogP contribution in [-0.2, 0) is 4.79 Å². The van der Waals surface area contributed by atoms with E-state index in [1.54, 1.807) is 36.2 Å². The number of halogens is 1. The molecule has 0 saturated heterocycles. The van der Waals surface area contributed by atoms with Crippen LogP contribution in [0.25, 0.3) is 11.1 Å². The molecule has 9 nitrogen and oxygen atoms in total. The molecule has 10 heteroatoms. The minimum atomic E-state index is -1.16. The summed E-state index contributed by atoms with van der Waals surface area (Å²) in [7, 11) is 1.46. The van der Waals surface area contributed by atoms with Gasteiger partial charge in [0, 0.05) is 30.4 Å². The molecular weight excluding hydrogens is 458 g/mol. The predicted molar refractivity (Wildman–Crippen MR) is 128 cm³/mol. The number of rotatable bonds is 4. The number of aromatic nitrogens is 3. The molecule has 2 atom stereocenters. The highest BCUT2D eigenvalue weighted by atomic mass is 35.5. The molecule has 1 aliphatic heterocycles. The lowest BCUT2D eigenvalue weighted by Gasteiger charge is -2.46. The van der Waals surface area contributed by atoms with Gasteiger partial charge in [-0.1, -0.05) is 17.7 Å². The van der Waals surface area contributed by atoms with Crippen molar-refractivity contribution in [3.05, 3.63) is 53.4 Å². The molecule has 1 saturated carbocycles. The normalized spacial score (nSPS) is 19.6. The summed E-state index contributed by atoms with van der Waals surface area (Å²) in [5.74, 6) is 0.0494. The number of carboxylic acid groups (broad SMARTS) is 1. The minimum absolute atomic E-state index is 0.202. The van der Waals surface area contributed by atoms with E-state index < -0.39 is 18.2 Å². The maximum atomic E-state index is 12.8. The summed E-state index contributed by atoms with van der Waals surface area (Å²) in [4.78, 5) is 32.5. The first-order valence-electron chi connectivity index (χ1n) is 11.0. The highest BCUT2D eigenvalue weighted by Crippen LogP contribution is 2.48. The second-order valence-corrected chi connectivity index (χ2v) is 9.06. The molecule has 1 N–H and O–H groups in total. The number of benzene rings is 1. The van der Waals surface area contributed by atoms with Crippen molar-refractivity contribution in [3.8, 4) is 17.0 Å².